The van der Waals surface area contributed by atoms with Crippen LogP contribution >= 0.6 is 0 Å². The van der Waals surface area contributed by atoms with Crippen molar-refractivity contribution in [3.63, 3.8) is 0 Å². The number of hydrogen-bond donors (Lipinski definition) is 1. The standard InChI is InChI=1S/C11H8FN3O2/c12-8-3-1-7(2-4-8)5-9-6-10(14-13-9)11(16)15-17/h1-4,6H,5H2,(H,13,14). The molecule has 1 amide bonds. The number of H-pyrrole nitrogens is 1. The third kappa shape index (κ3) is 2.60. The molecule has 5 nitrogen and oxygen atoms in total. The number of rotatable bonds is 3. The van der Waals surface area contributed by atoms with Gasteiger partial charge in [0, 0.05) is 17.3 Å². The van der Waals surface area contributed by atoms with Crippen LogP contribution in [0, 0.1) is 10.7 Å². The van der Waals surface area contributed by atoms with Gasteiger partial charge in [-0.05, 0) is 23.8 Å². The van der Waals surface area contributed by atoms with Gasteiger partial charge >= 0.3 is 5.91 Å². The van der Waals surface area contributed by atoms with Gasteiger partial charge in [0.15, 0.2) is 5.69 Å². The summed E-state index contributed by atoms with van der Waals surface area (Å²) < 4.78 is 12.7. The zero-order chi connectivity index (χ0) is 12.3. The molecule has 1 aromatic heterocycles. The van der Waals surface area contributed by atoms with E-state index < -0.39 is 5.91 Å². The average molecular weight is 233 g/mol. The van der Waals surface area contributed by atoms with Crippen LogP contribution in [-0.2, 0) is 6.42 Å². The van der Waals surface area contributed by atoms with E-state index >= 15 is 0 Å². The summed E-state index contributed by atoms with van der Waals surface area (Å²) in [4.78, 5) is 20.9. The van der Waals surface area contributed by atoms with Gasteiger partial charge in [-0.3, -0.25) is 9.89 Å². The Morgan fingerprint density at radius 3 is 2.71 bits per heavy atom. The summed E-state index contributed by atoms with van der Waals surface area (Å²) in [5.41, 5.74) is 1.51. The Kier molecular flexibility index (Phi) is 3.04. The number of aromatic amines is 1. The zero-order valence-electron chi connectivity index (χ0n) is 8.68. The van der Waals surface area contributed by atoms with Crippen LogP contribution in [0.5, 0.6) is 0 Å². The minimum absolute atomic E-state index is 0.0166. The molecule has 2 rings (SSSR count). The zero-order valence-corrected chi connectivity index (χ0v) is 8.68. The van der Waals surface area contributed by atoms with E-state index in [4.69, 9.17) is 0 Å². The molecule has 0 bridgehead atoms. The van der Waals surface area contributed by atoms with E-state index in [2.05, 4.69) is 15.4 Å². The van der Waals surface area contributed by atoms with Gasteiger partial charge in [0.2, 0.25) is 0 Å². The second-order valence-corrected chi connectivity index (χ2v) is 3.48. The van der Waals surface area contributed by atoms with Gasteiger partial charge in [-0.15, -0.1) is 4.91 Å². The smallest absolute Gasteiger partial charge is 0.281 e. The minimum atomic E-state index is -0.911. The molecule has 0 radical (unpaired) electrons. The van der Waals surface area contributed by atoms with E-state index in [1.807, 2.05) is 0 Å². The van der Waals surface area contributed by atoms with Crippen LogP contribution in [0.2, 0.25) is 0 Å². The first-order valence-corrected chi connectivity index (χ1v) is 4.85. The first-order valence-electron chi connectivity index (χ1n) is 4.85. The molecule has 6 heteroatoms. The molecule has 1 N–H and O–H groups in total. The number of benzene rings is 1. The fourth-order valence-electron chi connectivity index (χ4n) is 1.43. The third-order valence-electron chi connectivity index (χ3n) is 2.24. The molecular weight excluding hydrogens is 225 g/mol. The van der Waals surface area contributed by atoms with Crippen molar-refractivity contribution in [2.75, 3.05) is 0 Å². The first kappa shape index (κ1) is 11.1. The van der Waals surface area contributed by atoms with Gasteiger partial charge in [-0.2, -0.15) is 5.10 Å². The summed E-state index contributed by atoms with van der Waals surface area (Å²) >= 11 is 0. The Balaban J connectivity index is 2.14. The van der Waals surface area contributed by atoms with E-state index in [1.54, 1.807) is 12.1 Å². The topological polar surface area (TPSA) is 75.2 Å². The molecule has 0 fully saturated rings. The number of carbonyl (C=O) groups is 1. The Morgan fingerprint density at radius 2 is 2.06 bits per heavy atom. The first-order chi connectivity index (χ1) is 8.19. The van der Waals surface area contributed by atoms with Gasteiger partial charge in [-0.25, -0.2) is 4.39 Å². The van der Waals surface area contributed by atoms with Crippen LogP contribution in [0.1, 0.15) is 21.7 Å². The lowest BCUT2D eigenvalue weighted by atomic mass is 10.1. The number of hydrogen-bond acceptors (Lipinski definition) is 3. The third-order valence-corrected chi connectivity index (χ3v) is 2.24. The highest BCUT2D eigenvalue weighted by atomic mass is 19.1. The van der Waals surface area contributed by atoms with Crippen LogP contribution in [-0.4, -0.2) is 16.1 Å². The SMILES string of the molecule is O=NC(=O)c1cc(Cc2ccc(F)cc2)[nH]n1. The number of nitrogens with zero attached hydrogens (tertiary/aromatic N) is 2. The maximum Gasteiger partial charge on any atom is 0.336 e. The predicted octanol–water partition coefficient (Wildman–Crippen LogP) is 2.05. The lowest BCUT2D eigenvalue weighted by Gasteiger charge is -1.97. The van der Waals surface area contributed by atoms with Crippen molar-refractivity contribution in [3.05, 3.63) is 58.0 Å². The van der Waals surface area contributed by atoms with Gasteiger partial charge < -0.3 is 0 Å². The Labute approximate surface area is 95.6 Å². The largest absolute Gasteiger partial charge is 0.336 e. The van der Waals surface area contributed by atoms with E-state index in [0.717, 1.165) is 5.56 Å². The summed E-state index contributed by atoms with van der Waals surface area (Å²) in [6, 6.07) is 7.42. The number of amides is 1. The number of nitroso groups, excluding NO2 is 1. The van der Waals surface area contributed by atoms with Crippen LogP contribution in [0.25, 0.3) is 0 Å². The van der Waals surface area contributed by atoms with Gasteiger partial charge in [0.05, 0.1) is 0 Å². The number of aromatic nitrogens is 2. The highest BCUT2D eigenvalue weighted by Crippen LogP contribution is 2.10. The maximum absolute atomic E-state index is 12.7. The Morgan fingerprint density at radius 1 is 1.35 bits per heavy atom. The maximum atomic E-state index is 12.7. The molecule has 0 spiro atoms. The van der Waals surface area contributed by atoms with Crippen molar-refractivity contribution >= 4 is 5.91 Å². The Bertz CT molecular complexity index is 548. The molecule has 2 aromatic rings. The molecule has 0 aliphatic carbocycles. The summed E-state index contributed by atoms with van der Waals surface area (Å²) in [6.07, 6.45) is 0.472. The van der Waals surface area contributed by atoms with E-state index in [0.29, 0.717) is 12.1 Å². The van der Waals surface area contributed by atoms with E-state index in [-0.39, 0.29) is 11.5 Å². The van der Waals surface area contributed by atoms with Crippen LogP contribution < -0.4 is 0 Å². The summed E-state index contributed by atoms with van der Waals surface area (Å²) in [5, 5.41) is 8.55. The van der Waals surface area contributed by atoms with E-state index in [1.165, 1.54) is 18.2 Å². The van der Waals surface area contributed by atoms with Crippen molar-refractivity contribution in [1.82, 2.24) is 10.2 Å². The highest BCUT2D eigenvalue weighted by Gasteiger charge is 2.10. The molecule has 0 atom stereocenters. The summed E-state index contributed by atoms with van der Waals surface area (Å²) in [6.45, 7) is 0. The van der Waals surface area contributed by atoms with E-state index in [9.17, 15) is 14.1 Å². The molecule has 0 aliphatic heterocycles. The molecule has 0 aliphatic rings. The number of nitrogens with one attached hydrogen (secondary N) is 1. The lowest BCUT2D eigenvalue weighted by Crippen LogP contribution is -1.92. The molecule has 0 unspecified atom stereocenters. The molecule has 17 heavy (non-hydrogen) atoms. The van der Waals surface area contributed by atoms with Crippen molar-refractivity contribution in [1.29, 1.82) is 0 Å². The van der Waals surface area contributed by atoms with Crippen LogP contribution in [0.3, 0.4) is 0 Å². The second kappa shape index (κ2) is 4.65. The quantitative estimate of drug-likeness (QED) is 0.824. The molecule has 1 heterocycles. The van der Waals surface area contributed by atoms with Crippen molar-refractivity contribution < 1.29 is 9.18 Å². The van der Waals surface area contributed by atoms with Gasteiger partial charge in [-0.1, -0.05) is 12.1 Å². The van der Waals surface area contributed by atoms with Crippen molar-refractivity contribution in [2.24, 2.45) is 5.18 Å². The highest BCUT2D eigenvalue weighted by molar-refractivity contribution is 5.92. The summed E-state index contributed by atoms with van der Waals surface area (Å²) in [7, 11) is 0. The summed E-state index contributed by atoms with van der Waals surface area (Å²) in [5.74, 6) is -1.22. The predicted molar refractivity (Wildman–Crippen MR) is 57.9 cm³/mol. The normalized spacial score (nSPS) is 10.2. The molecule has 0 saturated heterocycles. The lowest BCUT2D eigenvalue weighted by molar-refractivity contribution is 0.0996. The van der Waals surface area contributed by atoms with Gasteiger partial charge in [0.1, 0.15) is 5.82 Å². The fraction of sp³-hybridized carbons (Fsp3) is 0.0909. The molecule has 0 saturated carbocycles. The van der Waals surface area contributed by atoms with Crippen LogP contribution in [0.4, 0.5) is 4.39 Å². The Hall–Kier alpha value is -2.37. The second-order valence-electron chi connectivity index (χ2n) is 3.48. The number of carbonyl (C=O) groups excluding carboxylic acids is 1. The van der Waals surface area contributed by atoms with Gasteiger partial charge in [0.25, 0.3) is 0 Å². The number of halogens is 1. The van der Waals surface area contributed by atoms with Crippen LogP contribution in [0.15, 0.2) is 35.5 Å². The van der Waals surface area contributed by atoms with Crippen molar-refractivity contribution in [2.45, 2.75) is 6.42 Å². The average Bonchev–Trinajstić information content (AvgIpc) is 2.80. The molecule has 86 valence electrons. The molecular formula is C11H8FN3O2. The minimum Gasteiger partial charge on any atom is -0.281 e. The van der Waals surface area contributed by atoms with Crippen molar-refractivity contribution in [3.8, 4) is 0 Å². The monoisotopic (exact) mass is 233 g/mol. The fourth-order valence-corrected chi connectivity index (χ4v) is 1.43. The molecule has 1 aromatic carbocycles.